The number of nitrogens with zero attached hydrogens (tertiary/aromatic N) is 3. The quantitative estimate of drug-likeness (QED) is 0.695. The minimum absolute atomic E-state index is 0.732. The first-order valence-electron chi connectivity index (χ1n) is 6.83. The van der Waals surface area contributed by atoms with E-state index in [1.165, 1.54) is 22.5 Å². The minimum atomic E-state index is 0.732. The summed E-state index contributed by atoms with van der Waals surface area (Å²) in [6, 6.07) is 8.23. The number of nitrogens with one attached hydrogen (secondary N) is 1. The zero-order valence-corrected chi connectivity index (χ0v) is 14.2. The molecule has 7 heteroatoms. The average Bonchev–Trinajstić information content (AvgIpc) is 3.09. The van der Waals surface area contributed by atoms with Gasteiger partial charge in [0.05, 0.1) is 5.69 Å². The van der Waals surface area contributed by atoms with Gasteiger partial charge < -0.3 is 9.84 Å². The van der Waals surface area contributed by atoms with Crippen molar-refractivity contribution in [2.24, 2.45) is 0 Å². The number of benzene rings is 1. The number of rotatable bonds is 5. The lowest BCUT2D eigenvalue weighted by Crippen LogP contribution is -1.92. The number of anilines is 2. The van der Waals surface area contributed by atoms with Gasteiger partial charge in [0.25, 0.3) is 0 Å². The fourth-order valence-electron chi connectivity index (χ4n) is 2.01. The Bertz CT molecular complexity index is 781. The standard InChI is InChI=1S/C15H16N4OS2/c1-9-4-5-13(10(2)6-9)16-14-17-18-15(22-14)21-8-12-7-11(3)20-19-12/h4-7H,8H2,1-3H3,(H,16,17). The zero-order valence-electron chi connectivity index (χ0n) is 12.6. The van der Waals surface area contributed by atoms with Crippen molar-refractivity contribution >= 4 is 33.9 Å². The Kier molecular flexibility index (Phi) is 4.44. The van der Waals surface area contributed by atoms with E-state index in [0.717, 1.165) is 32.4 Å². The number of thioether (sulfide) groups is 1. The molecule has 0 amide bonds. The van der Waals surface area contributed by atoms with Crippen LogP contribution in [0, 0.1) is 20.8 Å². The van der Waals surface area contributed by atoms with Gasteiger partial charge in [-0.05, 0) is 32.4 Å². The second kappa shape index (κ2) is 6.50. The summed E-state index contributed by atoms with van der Waals surface area (Å²) in [6.45, 7) is 6.05. The maximum Gasteiger partial charge on any atom is 0.210 e. The lowest BCUT2D eigenvalue weighted by atomic mass is 10.1. The topological polar surface area (TPSA) is 63.8 Å². The van der Waals surface area contributed by atoms with Gasteiger partial charge in [-0.1, -0.05) is 46.0 Å². The van der Waals surface area contributed by atoms with Crippen LogP contribution < -0.4 is 5.32 Å². The van der Waals surface area contributed by atoms with E-state index < -0.39 is 0 Å². The van der Waals surface area contributed by atoms with Crippen LogP contribution in [0.1, 0.15) is 22.6 Å². The summed E-state index contributed by atoms with van der Waals surface area (Å²) in [5, 5.41) is 16.5. The molecule has 114 valence electrons. The highest BCUT2D eigenvalue weighted by Crippen LogP contribution is 2.30. The summed E-state index contributed by atoms with van der Waals surface area (Å²) in [6.07, 6.45) is 0. The van der Waals surface area contributed by atoms with Gasteiger partial charge in [0.15, 0.2) is 4.34 Å². The molecular weight excluding hydrogens is 316 g/mol. The van der Waals surface area contributed by atoms with Gasteiger partial charge >= 0.3 is 0 Å². The summed E-state index contributed by atoms with van der Waals surface area (Å²) < 4.78 is 5.96. The fourth-order valence-corrected chi connectivity index (χ4v) is 3.65. The summed E-state index contributed by atoms with van der Waals surface area (Å²) in [4.78, 5) is 0. The Morgan fingerprint density at radius 2 is 2.05 bits per heavy atom. The van der Waals surface area contributed by atoms with Crippen LogP contribution in [0.3, 0.4) is 0 Å². The molecule has 0 atom stereocenters. The van der Waals surface area contributed by atoms with E-state index in [-0.39, 0.29) is 0 Å². The average molecular weight is 332 g/mol. The van der Waals surface area contributed by atoms with E-state index in [1.807, 2.05) is 13.0 Å². The monoisotopic (exact) mass is 332 g/mol. The molecule has 5 nitrogen and oxygen atoms in total. The van der Waals surface area contributed by atoms with Gasteiger partial charge in [0.1, 0.15) is 5.76 Å². The Morgan fingerprint density at radius 1 is 1.18 bits per heavy atom. The van der Waals surface area contributed by atoms with Crippen molar-refractivity contribution in [3.05, 3.63) is 46.8 Å². The summed E-state index contributed by atoms with van der Waals surface area (Å²) in [5.74, 6) is 1.56. The molecule has 0 radical (unpaired) electrons. The van der Waals surface area contributed by atoms with Gasteiger partial charge in [-0.3, -0.25) is 0 Å². The van der Waals surface area contributed by atoms with Crippen molar-refractivity contribution in [3.63, 3.8) is 0 Å². The van der Waals surface area contributed by atoms with Gasteiger partial charge in [-0.2, -0.15) is 0 Å². The molecule has 0 spiro atoms. The smallest absolute Gasteiger partial charge is 0.210 e. The largest absolute Gasteiger partial charge is 0.361 e. The molecule has 0 saturated carbocycles. The molecule has 0 bridgehead atoms. The first kappa shape index (κ1) is 15.1. The Labute approximate surface area is 137 Å². The summed E-state index contributed by atoms with van der Waals surface area (Å²) in [5.41, 5.74) is 4.42. The van der Waals surface area contributed by atoms with Crippen LogP contribution in [-0.4, -0.2) is 15.4 Å². The number of hydrogen-bond donors (Lipinski definition) is 1. The SMILES string of the molecule is Cc1ccc(Nc2nnc(SCc3cc(C)on3)s2)c(C)c1. The van der Waals surface area contributed by atoms with Crippen LogP contribution in [0.4, 0.5) is 10.8 Å². The highest BCUT2D eigenvalue weighted by atomic mass is 32.2. The van der Waals surface area contributed by atoms with E-state index in [4.69, 9.17) is 4.52 Å². The lowest BCUT2D eigenvalue weighted by Gasteiger charge is -2.06. The first-order valence-corrected chi connectivity index (χ1v) is 8.63. The van der Waals surface area contributed by atoms with Crippen molar-refractivity contribution in [1.29, 1.82) is 0 Å². The highest BCUT2D eigenvalue weighted by molar-refractivity contribution is 8.00. The molecule has 0 unspecified atom stereocenters. The molecule has 0 aliphatic heterocycles. The molecule has 0 saturated heterocycles. The van der Waals surface area contributed by atoms with Crippen molar-refractivity contribution in [1.82, 2.24) is 15.4 Å². The molecule has 0 fully saturated rings. The fraction of sp³-hybridized carbons (Fsp3) is 0.267. The van der Waals surface area contributed by atoms with Gasteiger partial charge in [-0.15, -0.1) is 10.2 Å². The lowest BCUT2D eigenvalue weighted by molar-refractivity contribution is 0.393. The maximum absolute atomic E-state index is 5.05. The molecular formula is C15H16N4OS2. The Hall–Kier alpha value is -1.86. The van der Waals surface area contributed by atoms with Gasteiger partial charge in [-0.25, -0.2) is 0 Å². The van der Waals surface area contributed by atoms with Gasteiger partial charge in [0.2, 0.25) is 5.13 Å². The first-order chi connectivity index (χ1) is 10.6. The molecule has 2 heterocycles. The second-order valence-corrected chi connectivity index (χ2v) is 7.23. The number of aromatic nitrogens is 3. The highest BCUT2D eigenvalue weighted by Gasteiger charge is 2.08. The van der Waals surface area contributed by atoms with Crippen LogP contribution >= 0.6 is 23.1 Å². The maximum atomic E-state index is 5.05. The predicted molar refractivity (Wildman–Crippen MR) is 89.9 cm³/mol. The van der Waals surface area contributed by atoms with Crippen molar-refractivity contribution < 1.29 is 4.52 Å². The second-order valence-electron chi connectivity index (χ2n) is 5.03. The van der Waals surface area contributed by atoms with E-state index in [1.54, 1.807) is 11.8 Å². The minimum Gasteiger partial charge on any atom is -0.361 e. The molecule has 0 aliphatic carbocycles. The molecule has 0 aliphatic rings. The Balaban J connectivity index is 1.63. The third kappa shape index (κ3) is 3.66. The summed E-state index contributed by atoms with van der Waals surface area (Å²) in [7, 11) is 0. The molecule has 1 aromatic carbocycles. The number of hydrogen-bond acceptors (Lipinski definition) is 7. The van der Waals surface area contributed by atoms with Crippen molar-refractivity contribution in [2.75, 3.05) is 5.32 Å². The Morgan fingerprint density at radius 3 is 2.77 bits per heavy atom. The molecule has 3 rings (SSSR count). The van der Waals surface area contributed by atoms with Crippen molar-refractivity contribution in [3.8, 4) is 0 Å². The molecule has 1 N–H and O–H groups in total. The van der Waals surface area contributed by atoms with Crippen LogP contribution in [0.2, 0.25) is 0 Å². The van der Waals surface area contributed by atoms with Crippen LogP contribution in [0.15, 0.2) is 33.1 Å². The normalized spacial score (nSPS) is 10.9. The van der Waals surface area contributed by atoms with Crippen LogP contribution in [0.5, 0.6) is 0 Å². The van der Waals surface area contributed by atoms with Crippen LogP contribution in [-0.2, 0) is 5.75 Å². The van der Waals surface area contributed by atoms with E-state index in [0.29, 0.717) is 0 Å². The zero-order chi connectivity index (χ0) is 15.5. The predicted octanol–water partition coefficient (Wildman–Crippen LogP) is 4.49. The third-order valence-electron chi connectivity index (χ3n) is 3.05. The molecule has 22 heavy (non-hydrogen) atoms. The van der Waals surface area contributed by atoms with Crippen molar-refractivity contribution in [2.45, 2.75) is 30.9 Å². The van der Waals surface area contributed by atoms with E-state index >= 15 is 0 Å². The third-order valence-corrected chi connectivity index (χ3v) is 5.06. The number of aryl methyl sites for hydroxylation is 3. The van der Waals surface area contributed by atoms with Crippen LogP contribution in [0.25, 0.3) is 0 Å². The van der Waals surface area contributed by atoms with E-state index in [2.05, 4.69) is 52.7 Å². The van der Waals surface area contributed by atoms with E-state index in [9.17, 15) is 0 Å². The molecule has 2 aromatic heterocycles. The van der Waals surface area contributed by atoms with Gasteiger partial charge in [0, 0.05) is 17.5 Å². The summed E-state index contributed by atoms with van der Waals surface area (Å²) >= 11 is 3.15. The molecule has 3 aromatic rings.